The van der Waals surface area contributed by atoms with E-state index in [1.807, 2.05) is 6.92 Å². The highest BCUT2D eigenvalue weighted by Crippen LogP contribution is 2.27. The molecular weight excluding hydrogens is 346 g/mol. The van der Waals surface area contributed by atoms with E-state index in [4.69, 9.17) is 9.47 Å². The minimum absolute atomic E-state index is 0.0618. The van der Waals surface area contributed by atoms with E-state index >= 15 is 0 Å². The van der Waals surface area contributed by atoms with Gasteiger partial charge in [-0.15, -0.1) is 0 Å². The Balaban J connectivity index is 2.08. The highest BCUT2D eigenvalue weighted by molar-refractivity contribution is 7.89. The van der Waals surface area contributed by atoms with Gasteiger partial charge in [-0.1, -0.05) is 0 Å². The van der Waals surface area contributed by atoms with E-state index < -0.39 is 10.0 Å². The molecule has 1 aromatic carbocycles. The smallest absolute Gasteiger partial charge is 0.240 e. The molecule has 1 unspecified atom stereocenters. The van der Waals surface area contributed by atoms with Gasteiger partial charge in [0.2, 0.25) is 15.9 Å². The summed E-state index contributed by atoms with van der Waals surface area (Å²) in [6.07, 6.45) is 0. The molecular formula is C16H25N3O5S. The van der Waals surface area contributed by atoms with Crippen LogP contribution in [0, 0.1) is 0 Å². The van der Waals surface area contributed by atoms with Crippen molar-refractivity contribution in [3.05, 3.63) is 18.2 Å². The summed E-state index contributed by atoms with van der Waals surface area (Å²) >= 11 is 0. The van der Waals surface area contributed by atoms with Crippen LogP contribution in [-0.4, -0.2) is 65.2 Å². The van der Waals surface area contributed by atoms with Gasteiger partial charge in [0.25, 0.3) is 0 Å². The summed E-state index contributed by atoms with van der Waals surface area (Å²) in [7, 11) is -2.24. The third-order valence-electron chi connectivity index (χ3n) is 4.03. The number of methoxy groups -OCH3 is 1. The van der Waals surface area contributed by atoms with Gasteiger partial charge < -0.3 is 14.8 Å². The van der Waals surface area contributed by atoms with Gasteiger partial charge in [-0.3, -0.25) is 9.69 Å². The number of anilines is 1. The third kappa shape index (κ3) is 5.40. The fourth-order valence-electron chi connectivity index (χ4n) is 2.60. The Morgan fingerprint density at radius 1 is 1.36 bits per heavy atom. The Labute approximate surface area is 148 Å². The fourth-order valence-corrected chi connectivity index (χ4v) is 3.75. The van der Waals surface area contributed by atoms with Crippen LogP contribution in [0.5, 0.6) is 5.75 Å². The van der Waals surface area contributed by atoms with Gasteiger partial charge in [0.1, 0.15) is 5.75 Å². The van der Waals surface area contributed by atoms with E-state index in [0.717, 1.165) is 13.1 Å². The molecule has 25 heavy (non-hydrogen) atoms. The van der Waals surface area contributed by atoms with Crippen LogP contribution in [0.3, 0.4) is 0 Å². The molecule has 1 amide bonds. The molecule has 2 rings (SSSR count). The van der Waals surface area contributed by atoms with Crippen molar-refractivity contribution in [1.29, 1.82) is 0 Å². The molecule has 1 saturated heterocycles. The lowest BCUT2D eigenvalue weighted by Gasteiger charge is -2.32. The fraction of sp³-hybridized carbons (Fsp3) is 0.562. The molecule has 1 aromatic rings. The molecule has 0 bridgehead atoms. The lowest BCUT2D eigenvalue weighted by atomic mass is 10.2. The molecule has 0 spiro atoms. The topological polar surface area (TPSA) is 97.0 Å². The van der Waals surface area contributed by atoms with Crippen molar-refractivity contribution in [2.24, 2.45) is 0 Å². The third-order valence-corrected chi connectivity index (χ3v) is 5.45. The predicted molar refractivity (Wildman–Crippen MR) is 94.3 cm³/mol. The average molecular weight is 371 g/mol. The molecule has 2 N–H and O–H groups in total. The SMILES string of the molecule is COc1ccc(S(=O)(=O)NCC(C)N2CCOCC2)cc1NC(C)=O. The van der Waals surface area contributed by atoms with Crippen molar-refractivity contribution in [3.63, 3.8) is 0 Å². The first-order chi connectivity index (χ1) is 11.8. The van der Waals surface area contributed by atoms with Gasteiger partial charge in [0, 0.05) is 32.6 Å². The Hall–Kier alpha value is -1.68. The van der Waals surface area contributed by atoms with Gasteiger partial charge in [-0.05, 0) is 25.1 Å². The van der Waals surface area contributed by atoms with Crippen LogP contribution < -0.4 is 14.8 Å². The standard InChI is InChI=1S/C16H25N3O5S/c1-12(19-6-8-24-9-7-19)11-17-25(21,22)14-4-5-16(23-3)15(10-14)18-13(2)20/h4-5,10,12,17H,6-9,11H2,1-3H3,(H,18,20). The van der Waals surface area contributed by atoms with E-state index in [-0.39, 0.29) is 16.8 Å². The van der Waals surface area contributed by atoms with E-state index in [2.05, 4.69) is 14.9 Å². The zero-order valence-corrected chi connectivity index (χ0v) is 15.6. The first kappa shape index (κ1) is 19.6. The van der Waals surface area contributed by atoms with Crippen molar-refractivity contribution in [3.8, 4) is 5.75 Å². The Kier molecular flexibility index (Phi) is 6.77. The van der Waals surface area contributed by atoms with E-state index in [9.17, 15) is 13.2 Å². The number of rotatable bonds is 7. The second kappa shape index (κ2) is 8.61. The number of nitrogens with zero attached hydrogens (tertiary/aromatic N) is 1. The van der Waals surface area contributed by atoms with Crippen molar-refractivity contribution in [1.82, 2.24) is 9.62 Å². The van der Waals surface area contributed by atoms with E-state index in [1.165, 1.54) is 32.2 Å². The zero-order valence-electron chi connectivity index (χ0n) is 14.7. The maximum Gasteiger partial charge on any atom is 0.240 e. The van der Waals surface area contributed by atoms with Crippen molar-refractivity contribution in [2.75, 3.05) is 45.3 Å². The number of benzene rings is 1. The van der Waals surface area contributed by atoms with Crippen molar-refractivity contribution >= 4 is 21.6 Å². The molecule has 1 atom stereocenters. The van der Waals surface area contributed by atoms with Crippen molar-refractivity contribution < 1.29 is 22.7 Å². The summed E-state index contributed by atoms with van der Waals surface area (Å²) in [5, 5.41) is 2.58. The molecule has 8 nitrogen and oxygen atoms in total. The number of carbonyl (C=O) groups excluding carboxylic acids is 1. The quantitative estimate of drug-likeness (QED) is 0.731. The Morgan fingerprint density at radius 2 is 2.04 bits per heavy atom. The lowest BCUT2D eigenvalue weighted by Crippen LogP contribution is -2.47. The van der Waals surface area contributed by atoms with Crippen LogP contribution >= 0.6 is 0 Å². The first-order valence-electron chi connectivity index (χ1n) is 8.10. The number of ether oxygens (including phenoxy) is 2. The lowest BCUT2D eigenvalue weighted by molar-refractivity contribution is -0.114. The number of amides is 1. The van der Waals surface area contributed by atoms with Gasteiger partial charge in [-0.2, -0.15) is 0 Å². The number of hydrogen-bond donors (Lipinski definition) is 2. The highest BCUT2D eigenvalue weighted by Gasteiger charge is 2.21. The molecule has 140 valence electrons. The minimum Gasteiger partial charge on any atom is -0.495 e. The summed E-state index contributed by atoms with van der Waals surface area (Å²) in [6, 6.07) is 4.42. The first-order valence-corrected chi connectivity index (χ1v) is 9.59. The summed E-state index contributed by atoms with van der Waals surface area (Å²) in [5.74, 6) is 0.0950. The molecule has 0 saturated carbocycles. The normalized spacial score (nSPS) is 17.1. The van der Waals surface area contributed by atoms with Gasteiger partial charge in [0.05, 0.1) is 30.9 Å². The van der Waals surface area contributed by atoms with Crippen LogP contribution in [0.15, 0.2) is 23.1 Å². The molecule has 9 heteroatoms. The van der Waals surface area contributed by atoms with E-state index in [0.29, 0.717) is 31.2 Å². The molecule has 1 fully saturated rings. The number of carbonyl (C=O) groups is 1. The van der Waals surface area contributed by atoms with Crippen LogP contribution in [0.25, 0.3) is 0 Å². The van der Waals surface area contributed by atoms with Crippen LogP contribution in [-0.2, 0) is 19.6 Å². The second-order valence-electron chi connectivity index (χ2n) is 5.89. The number of nitrogens with one attached hydrogen (secondary N) is 2. The Morgan fingerprint density at radius 3 is 2.64 bits per heavy atom. The predicted octanol–water partition coefficient (Wildman–Crippen LogP) is 0.653. The molecule has 0 radical (unpaired) electrons. The summed E-state index contributed by atoms with van der Waals surface area (Å²) in [4.78, 5) is 13.5. The highest BCUT2D eigenvalue weighted by atomic mass is 32.2. The van der Waals surface area contributed by atoms with E-state index in [1.54, 1.807) is 0 Å². The molecule has 1 aliphatic rings. The summed E-state index contributed by atoms with van der Waals surface area (Å²) < 4.78 is 38.2. The van der Waals surface area contributed by atoms with Crippen LogP contribution in [0.1, 0.15) is 13.8 Å². The maximum absolute atomic E-state index is 12.5. The second-order valence-corrected chi connectivity index (χ2v) is 7.66. The summed E-state index contributed by atoms with van der Waals surface area (Å²) in [5.41, 5.74) is 0.319. The number of sulfonamides is 1. The monoisotopic (exact) mass is 371 g/mol. The van der Waals surface area contributed by atoms with Gasteiger partial charge >= 0.3 is 0 Å². The molecule has 0 aliphatic carbocycles. The zero-order chi connectivity index (χ0) is 18.4. The number of morpholine rings is 1. The number of hydrogen-bond acceptors (Lipinski definition) is 6. The maximum atomic E-state index is 12.5. The van der Waals surface area contributed by atoms with Crippen LogP contribution in [0.4, 0.5) is 5.69 Å². The average Bonchev–Trinajstić information content (AvgIpc) is 2.60. The summed E-state index contributed by atoms with van der Waals surface area (Å²) in [6.45, 7) is 6.53. The van der Waals surface area contributed by atoms with Gasteiger partial charge in [0.15, 0.2) is 0 Å². The van der Waals surface area contributed by atoms with Gasteiger partial charge in [-0.25, -0.2) is 13.1 Å². The van der Waals surface area contributed by atoms with Crippen molar-refractivity contribution in [2.45, 2.75) is 24.8 Å². The largest absolute Gasteiger partial charge is 0.495 e. The van der Waals surface area contributed by atoms with Crippen LogP contribution in [0.2, 0.25) is 0 Å². The molecule has 1 heterocycles. The molecule has 0 aromatic heterocycles. The minimum atomic E-state index is -3.69. The Bertz CT molecular complexity index is 702. The molecule has 1 aliphatic heterocycles.